The lowest BCUT2D eigenvalue weighted by Crippen LogP contribution is -2.43. The Balaban J connectivity index is 1.29. The quantitative estimate of drug-likeness (QED) is 0.274. The van der Waals surface area contributed by atoms with Gasteiger partial charge in [0.2, 0.25) is 12.5 Å². The number of carbonyl (C=O) groups is 2. The van der Waals surface area contributed by atoms with Gasteiger partial charge in [0.05, 0.1) is 58.9 Å². The summed E-state index contributed by atoms with van der Waals surface area (Å²) < 4.78 is 40.3. The average molecular weight is 631 g/mol. The first-order chi connectivity index (χ1) is 22.3. The number of hydrogen-bond acceptors (Lipinski definition) is 12. The van der Waals surface area contributed by atoms with Crippen LogP contribution in [0.1, 0.15) is 39.1 Å². The molecule has 4 aromatic rings. The number of cyclic esters (lactones) is 1. The Bertz CT molecular complexity index is 1830. The predicted octanol–water partition coefficient (Wildman–Crippen LogP) is 3.14. The number of benzene rings is 3. The molecule has 14 nitrogen and oxygen atoms in total. The molecule has 1 fully saturated rings. The number of rotatable bonds is 8. The van der Waals surface area contributed by atoms with E-state index in [9.17, 15) is 14.7 Å². The van der Waals surface area contributed by atoms with E-state index < -0.39 is 35.7 Å². The molecule has 3 aliphatic rings. The molecule has 46 heavy (non-hydrogen) atoms. The van der Waals surface area contributed by atoms with E-state index in [0.29, 0.717) is 40.2 Å². The topological polar surface area (TPSA) is 162 Å². The van der Waals surface area contributed by atoms with Crippen LogP contribution in [0.5, 0.6) is 40.2 Å². The van der Waals surface area contributed by atoms with Gasteiger partial charge >= 0.3 is 5.97 Å². The number of nitrogens with zero attached hydrogens (tertiary/aromatic N) is 3. The predicted molar refractivity (Wildman–Crippen MR) is 158 cm³/mol. The molecular formula is C32H30N4O10. The monoisotopic (exact) mass is 630 g/mol. The van der Waals surface area contributed by atoms with E-state index in [1.165, 1.54) is 45.4 Å². The van der Waals surface area contributed by atoms with E-state index in [1.54, 1.807) is 12.1 Å². The van der Waals surface area contributed by atoms with Gasteiger partial charge in [-0.2, -0.15) is 0 Å². The largest absolute Gasteiger partial charge is 0.504 e. The maximum atomic E-state index is 13.7. The first-order valence-corrected chi connectivity index (χ1v) is 14.4. The minimum atomic E-state index is -0.668. The summed E-state index contributed by atoms with van der Waals surface area (Å²) in [7, 11) is 6.02. The number of fused-ring (bicyclic) bond motifs is 3. The molecule has 0 radical (unpaired) electrons. The smallest absolute Gasteiger partial charge is 0.310 e. The van der Waals surface area contributed by atoms with Crippen molar-refractivity contribution in [3.8, 4) is 45.9 Å². The number of esters is 1. The fourth-order valence-corrected chi connectivity index (χ4v) is 6.56. The SMILES string of the molecule is COc1ccc(-n2cc(C(=O)N[C@@H]3c4cc5c(cc4[C@@H](c4cc(OC)c(OC)c(OC)c4)[C@H]4C(=O)OC[C@@H]43)OCO5)nn2)cc1O. The first-order valence-electron chi connectivity index (χ1n) is 14.4. The van der Waals surface area contributed by atoms with Crippen molar-refractivity contribution in [2.24, 2.45) is 11.8 Å². The van der Waals surface area contributed by atoms with Crippen molar-refractivity contribution in [3.63, 3.8) is 0 Å². The van der Waals surface area contributed by atoms with Crippen LogP contribution in [0.25, 0.3) is 5.69 Å². The van der Waals surface area contributed by atoms with Gasteiger partial charge < -0.3 is 43.6 Å². The lowest BCUT2D eigenvalue weighted by molar-refractivity contribution is -0.141. The second-order valence-electron chi connectivity index (χ2n) is 10.9. The van der Waals surface area contributed by atoms with Gasteiger partial charge in [0.15, 0.2) is 40.2 Å². The van der Waals surface area contributed by atoms with Crippen LogP contribution in [0, 0.1) is 11.8 Å². The summed E-state index contributed by atoms with van der Waals surface area (Å²) in [5.74, 6) is 0.0337. The van der Waals surface area contributed by atoms with Crippen LogP contribution < -0.4 is 33.7 Å². The lowest BCUT2D eigenvalue weighted by Gasteiger charge is -2.39. The number of hydrogen-bond donors (Lipinski definition) is 2. The summed E-state index contributed by atoms with van der Waals surface area (Å²) in [4.78, 5) is 27.2. The van der Waals surface area contributed by atoms with Gasteiger partial charge in [-0.15, -0.1) is 5.10 Å². The molecule has 0 spiro atoms. The highest BCUT2D eigenvalue weighted by molar-refractivity contribution is 5.92. The zero-order valence-electron chi connectivity index (χ0n) is 25.3. The molecule has 238 valence electrons. The van der Waals surface area contributed by atoms with Crippen molar-refractivity contribution in [1.82, 2.24) is 20.3 Å². The third kappa shape index (κ3) is 4.64. The van der Waals surface area contributed by atoms with Crippen molar-refractivity contribution in [2.75, 3.05) is 41.8 Å². The van der Waals surface area contributed by atoms with Gasteiger partial charge in [-0.1, -0.05) is 5.21 Å². The second kappa shape index (κ2) is 11.4. The Hall–Kier alpha value is -5.66. The molecule has 1 saturated heterocycles. The Morgan fingerprint density at radius 2 is 1.61 bits per heavy atom. The van der Waals surface area contributed by atoms with E-state index in [0.717, 1.165) is 16.7 Å². The van der Waals surface area contributed by atoms with Crippen LogP contribution in [0.15, 0.2) is 48.7 Å². The standard InChI is InChI=1S/C32H30N4O10/c1-40-22-6-5-16(9-21(22)37)36-12-20(34-35-36)31(38)33-29-18-11-24-23(45-14-46-24)10-17(18)27(28-19(29)13-44-32(28)39)15-7-25(41-2)30(43-4)26(8-15)42-3/h5-12,19,27-29,37H,13-14H2,1-4H3,(H,33,38)/t19-,27+,28-,29+/m0/s1. The van der Waals surface area contributed by atoms with Gasteiger partial charge in [-0.3, -0.25) is 9.59 Å². The fraction of sp³-hybridized carbons (Fsp3) is 0.312. The normalized spacial score (nSPS) is 20.7. The van der Waals surface area contributed by atoms with Gasteiger partial charge in [0.1, 0.15) is 0 Å². The number of aromatic nitrogens is 3. The Labute approximate surface area is 262 Å². The highest BCUT2D eigenvalue weighted by Crippen LogP contribution is 2.55. The number of methoxy groups -OCH3 is 4. The Morgan fingerprint density at radius 1 is 0.913 bits per heavy atom. The molecule has 14 heteroatoms. The van der Waals surface area contributed by atoms with Crippen LogP contribution in [0.4, 0.5) is 0 Å². The fourth-order valence-electron chi connectivity index (χ4n) is 6.56. The van der Waals surface area contributed by atoms with Crippen molar-refractivity contribution < 1.29 is 47.9 Å². The van der Waals surface area contributed by atoms with Gasteiger partial charge in [-0.05, 0) is 53.1 Å². The average Bonchev–Trinajstić information content (AvgIpc) is 3.83. The van der Waals surface area contributed by atoms with Gasteiger partial charge in [0, 0.05) is 17.9 Å². The molecule has 0 bridgehead atoms. The number of amides is 1. The van der Waals surface area contributed by atoms with E-state index in [2.05, 4.69) is 15.6 Å². The van der Waals surface area contributed by atoms with Crippen LogP contribution >= 0.6 is 0 Å². The zero-order chi connectivity index (χ0) is 32.1. The molecule has 3 heterocycles. The highest BCUT2D eigenvalue weighted by atomic mass is 16.7. The number of aromatic hydroxyl groups is 1. The third-order valence-corrected chi connectivity index (χ3v) is 8.67. The Morgan fingerprint density at radius 3 is 2.26 bits per heavy atom. The molecular weight excluding hydrogens is 600 g/mol. The van der Waals surface area contributed by atoms with Crippen LogP contribution in [-0.2, 0) is 9.53 Å². The molecule has 1 aliphatic carbocycles. The van der Waals surface area contributed by atoms with Crippen molar-refractivity contribution in [3.05, 3.63) is 71.0 Å². The molecule has 1 aromatic heterocycles. The zero-order valence-corrected chi connectivity index (χ0v) is 25.3. The maximum absolute atomic E-state index is 13.7. The number of phenolic OH excluding ortho intramolecular Hbond substituents is 1. The van der Waals surface area contributed by atoms with Crippen molar-refractivity contribution in [2.45, 2.75) is 12.0 Å². The summed E-state index contributed by atoms with van der Waals surface area (Å²) in [5.41, 5.74) is 2.73. The summed E-state index contributed by atoms with van der Waals surface area (Å²) in [6.45, 7) is 0.129. The lowest BCUT2D eigenvalue weighted by atomic mass is 9.65. The van der Waals surface area contributed by atoms with E-state index in [4.69, 9.17) is 33.2 Å². The first kappa shape index (κ1) is 29.1. The number of ether oxygens (including phenoxy) is 7. The number of nitrogens with one attached hydrogen (secondary N) is 1. The van der Waals surface area contributed by atoms with Crippen LogP contribution in [-0.4, -0.2) is 73.8 Å². The molecule has 1 amide bonds. The molecule has 4 atom stereocenters. The highest BCUT2D eigenvalue weighted by Gasteiger charge is 2.53. The number of carbonyl (C=O) groups excluding carboxylic acids is 2. The van der Waals surface area contributed by atoms with Crippen LogP contribution in [0.3, 0.4) is 0 Å². The maximum Gasteiger partial charge on any atom is 0.310 e. The third-order valence-electron chi connectivity index (χ3n) is 8.67. The molecule has 2 aliphatic heterocycles. The molecule has 2 N–H and O–H groups in total. The molecule has 3 aromatic carbocycles. The number of phenols is 1. The molecule has 0 unspecified atom stereocenters. The van der Waals surface area contributed by atoms with E-state index in [-0.39, 0.29) is 24.8 Å². The van der Waals surface area contributed by atoms with Crippen molar-refractivity contribution >= 4 is 11.9 Å². The summed E-state index contributed by atoms with van der Waals surface area (Å²) in [6, 6.07) is 11.4. The molecule has 0 saturated carbocycles. The summed E-state index contributed by atoms with van der Waals surface area (Å²) >= 11 is 0. The van der Waals surface area contributed by atoms with E-state index in [1.807, 2.05) is 24.3 Å². The van der Waals surface area contributed by atoms with Crippen LogP contribution in [0.2, 0.25) is 0 Å². The second-order valence-corrected chi connectivity index (χ2v) is 10.9. The van der Waals surface area contributed by atoms with Gasteiger partial charge in [0.25, 0.3) is 5.91 Å². The summed E-state index contributed by atoms with van der Waals surface area (Å²) in [5, 5.41) is 21.4. The van der Waals surface area contributed by atoms with Gasteiger partial charge in [-0.25, -0.2) is 4.68 Å². The molecule has 7 rings (SSSR count). The van der Waals surface area contributed by atoms with Crippen molar-refractivity contribution in [1.29, 1.82) is 0 Å². The Kier molecular flexibility index (Phi) is 7.18. The summed E-state index contributed by atoms with van der Waals surface area (Å²) in [6.07, 6.45) is 1.45. The minimum absolute atomic E-state index is 0.0335. The minimum Gasteiger partial charge on any atom is -0.504 e. The van der Waals surface area contributed by atoms with E-state index >= 15 is 0 Å².